The van der Waals surface area contributed by atoms with Gasteiger partial charge in [0.1, 0.15) is 10.5 Å². The van der Waals surface area contributed by atoms with Crippen LogP contribution in [0.15, 0.2) is 30.3 Å². The van der Waals surface area contributed by atoms with Gasteiger partial charge in [-0.05, 0) is 36.1 Å². The molecule has 0 bridgehead atoms. The molecule has 4 heteroatoms. The number of nitrogens with one attached hydrogen (secondary N) is 1. The topological polar surface area (TPSA) is 28.7 Å². The Balaban J connectivity index is 2.25. The second-order valence-corrected chi connectivity index (χ2v) is 5.95. The standard InChI is InChI=1S/C15H17ClN2S/c1-10(2)6-13-9-15(19)18-14(17-13)8-11-4-3-5-12(16)7-11/h3-5,7,9-10H,6,8H2,1-2H3,(H,17,18,19). The third-order valence-electron chi connectivity index (χ3n) is 2.74. The molecule has 0 saturated heterocycles. The monoisotopic (exact) mass is 292 g/mol. The van der Waals surface area contributed by atoms with E-state index in [1.54, 1.807) is 0 Å². The zero-order valence-corrected chi connectivity index (χ0v) is 12.7. The largest absolute Gasteiger partial charge is 0.347 e. The van der Waals surface area contributed by atoms with Gasteiger partial charge in [0.15, 0.2) is 0 Å². The first kappa shape index (κ1) is 14.2. The highest BCUT2D eigenvalue weighted by atomic mass is 35.5. The SMILES string of the molecule is CC(C)Cc1cc(=S)nc(Cc2cccc(Cl)c2)[nH]1. The first-order valence-corrected chi connectivity index (χ1v) is 7.15. The van der Waals surface area contributed by atoms with Crippen LogP contribution < -0.4 is 0 Å². The van der Waals surface area contributed by atoms with E-state index in [2.05, 4.69) is 23.8 Å². The molecule has 0 spiro atoms. The molecule has 1 heterocycles. The second kappa shape index (κ2) is 6.31. The third-order valence-corrected chi connectivity index (χ3v) is 3.18. The van der Waals surface area contributed by atoms with Crippen molar-refractivity contribution in [3.63, 3.8) is 0 Å². The van der Waals surface area contributed by atoms with Crippen molar-refractivity contribution in [1.29, 1.82) is 0 Å². The average molecular weight is 293 g/mol. The van der Waals surface area contributed by atoms with E-state index in [1.807, 2.05) is 30.3 Å². The minimum Gasteiger partial charge on any atom is -0.347 e. The molecule has 0 amide bonds. The van der Waals surface area contributed by atoms with E-state index in [9.17, 15) is 0 Å². The zero-order chi connectivity index (χ0) is 13.8. The van der Waals surface area contributed by atoms with E-state index >= 15 is 0 Å². The van der Waals surface area contributed by atoms with E-state index in [0.29, 0.717) is 10.6 Å². The van der Waals surface area contributed by atoms with Gasteiger partial charge in [-0.2, -0.15) is 0 Å². The predicted molar refractivity (Wildman–Crippen MR) is 82.2 cm³/mol. The van der Waals surface area contributed by atoms with Gasteiger partial charge in [0, 0.05) is 17.1 Å². The Bertz CT molecular complexity index is 620. The lowest BCUT2D eigenvalue weighted by Gasteiger charge is -2.08. The highest BCUT2D eigenvalue weighted by Gasteiger charge is 2.03. The number of rotatable bonds is 4. The maximum Gasteiger partial charge on any atom is 0.130 e. The summed E-state index contributed by atoms with van der Waals surface area (Å²) in [5.74, 6) is 1.48. The highest BCUT2D eigenvalue weighted by molar-refractivity contribution is 7.71. The summed E-state index contributed by atoms with van der Waals surface area (Å²) in [4.78, 5) is 7.75. The fourth-order valence-electron chi connectivity index (χ4n) is 2.04. The lowest BCUT2D eigenvalue weighted by molar-refractivity contribution is 0.630. The van der Waals surface area contributed by atoms with Gasteiger partial charge in [0.05, 0.1) is 0 Å². The smallest absolute Gasteiger partial charge is 0.130 e. The lowest BCUT2D eigenvalue weighted by Crippen LogP contribution is -2.03. The van der Waals surface area contributed by atoms with Gasteiger partial charge in [-0.3, -0.25) is 0 Å². The van der Waals surface area contributed by atoms with Crippen molar-refractivity contribution in [3.05, 3.63) is 57.1 Å². The Morgan fingerprint density at radius 1 is 1.32 bits per heavy atom. The number of H-pyrrole nitrogens is 1. The molecule has 1 N–H and O–H groups in total. The number of aromatic amines is 1. The van der Waals surface area contributed by atoms with Crippen LogP contribution in [0.3, 0.4) is 0 Å². The van der Waals surface area contributed by atoms with Crippen LogP contribution in [0, 0.1) is 10.6 Å². The third kappa shape index (κ3) is 4.44. The first-order chi connectivity index (χ1) is 9.02. The Labute approximate surface area is 123 Å². The average Bonchev–Trinajstić information content (AvgIpc) is 2.26. The molecule has 100 valence electrons. The van der Waals surface area contributed by atoms with E-state index < -0.39 is 0 Å². The summed E-state index contributed by atoms with van der Waals surface area (Å²) < 4.78 is 0.645. The quantitative estimate of drug-likeness (QED) is 0.836. The van der Waals surface area contributed by atoms with Gasteiger partial charge in [-0.1, -0.05) is 49.8 Å². The molecule has 2 nitrogen and oxygen atoms in total. The minimum absolute atomic E-state index is 0.590. The molecule has 2 aromatic rings. The molecule has 1 aromatic heterocycles. The molecule has 0 aliphatic heterocycles. The van der Waals surface area contributed by atoms with Crippen LogP contribution in [0.5, 0.6) is 0 Å². The first-order valence-electron chi connectivity index (χ1n) is 6.36. The van der Waals surface area contributed by atoms with Crippen molar-refractivity contribution in [1.82, 2.24) is 9.97 Å². The van der Waals surface area contributed by atoms with Crippen LogP contribution in [0.1, 0.15) is 30.9 Å². The highest BCUT2D eigenvalue weighted by Crippen LogP contribution is 2.14. The molecular formula is C15H17ClN2S. The molecule has 0 aliphatic rings. The molecule has 19 heavy (non-hydrogen) atoms. The summed E-state index contributed by atoms with van der Waals surface area (Å²) in [6.07, 6.45) is 1.70. The molecular weight excluding hydrogens is 276 g/mol. The summed E-state index contributed by atoms with van der Waals surface area (Å²) in [5.41, 5.74) is 2.28. The molecule has 2 rings (SSSR count). The molecule has 0 fully saturated rings. The second-order valence-electron chi connectivity index (χ2n) is 5.10. The normalized spacial score (nSPS) is 10.9. The summed E-state index contributed by atoms with van der Waals surface area (Å²) in [7, 11) is 0. The number of halogens is 1. The fraction of sp³-hybridized carbons (Fsp3) is 0.333. The maximum atomic E-state index is 5.99. The number of hydrogen-bond acceptors (Lipinski definition) is 2. The number of nitrogens with zero attached hydrogens (tertiary/aromatic N) is 1. The van der Waals surface area contributed by atoms with Crippen molar-refractivity contribution >= 4 is 23.8 Å². The van der Waals surface area contributed by atoms with Crippen LogP contribution in [0.25, 0.3) is 0 Å². The summed E-state index contributed by atoms with van der Waals surface area (Å²) >= 11 is 11.2. The van der Waals surface area contributed by atoms with Gasteiger partial charge in [0.25, 0.3) is 0 Å². The molecule has 1 aromatic carbocycles. The Morgan fingerprint density at radius 2 is 2.11 bits per heavy atom. The number of hydrogen-bond donors (Lipinski definition) is 1. The Hall–Kier alpha value is -1.19. The Kier molecular flexibility index (Phi) is 4.72. The maximum absolute atomic E-state index is 5.99. The van der Waals surface area contributed by atoms with Crippen LogP contribution in [0.4, 0.5) is 0 Å². The van der Waals surface area contributed by atoms with Crippen molar-refractivity contribution in [2.45, 2.75) is 26.7 Å². The van der Waals surface area contributed by atoms with Crippen molar-refractivity contribution < 1.29 is 0 Å². The minimum atomic E-state index is 0.590. The van der Waals surface area contributed by atoms with Crippen LogP contribution in [0.2, 0.25) is 5.02 Å². The van der Waals surface area contributed by atoms with Crippen molar-refractivity contribution in [2.24, 2.45) is 5.92 Å². The van der Waals surface area contributed by atoms with Gasteiger partial charge >= 0.3 is 0 Å². The van der Waals surface area contributed by atoms with E-state index in [-0.39, 0.29) is 0 Å². The number of aromatic nitrogens is 2. The van der Waals surface area contributed by atoms with Crippen LogP contribution in [-0.2, 0) is 12.8 Å². The van der Waals surface area contributed by atoms with Gasteiger partial charge < -0.3 is 4.98 Å². The van der Waals surface area contributed by atoms with Crippen LogP contribution >= 0.6 is 23.8 Å². The summed E-state index contributed by atoms with van der Waals surface area (Å²) in [6.45, 7) is 4.38. The van der Waals surface area contributed by atoms with E-state index in [1.165, 1.54) is 0 Å². The molecule has 0 aliphatic carbocycles. The van der Waals surface area contributed by atoms with Crippen LogP contribution in [-0.4, -0.2) is 9.97 Å². The van der Waals surface area contributed by atoms with Crippen molar-refractivity contribution in [3.8, 4) is 0 Å². The van der Waals surface area contributed by atoms with Gasteiger partial charge in [0.2, 0.25) is 0 Å². The molecule has 0 saturated carbocycles. The number of benzene rings is 1. The predicted octanol–water partition coefficient (Wildman–Crippen LogP) is 4.58. The van der Waals surface area contributed by atoms with Gasteiger partial charge in [-0.15, -0.1) is 0 Å². The summed E-state index contributed by atoms with van der Waals surface area (Å²) in [6, 6.07) is 9.76. The molecule has 0 unspecified atom stereocenters. The zero-order valence-electron chi connectivity index (χ0n) is 11.1. The van der Waals surface area contributed by atoms with E-state index in [4.69, 9.17) is 23.8 Å². The molecule has 0 radical (unpaired) electrons. The Morgan fingerprint density at radius 3 is 2.79 bits per heavy atom. The fourth-order valence-corrected chi connectivity index (χ4v) is 2.50. The summed E-state index contributed by atoms with van der Waals surface area (Å²) in [5, 5.41) is 0.745. The molecule has 0 atom stereocenters. The van der Waals surface area contributed by atoms with Crippen molar-refractivity contribution in [2.75, 3.05) is 0 Å². The lowest BCUT2D eigenvalue weighted by atomic mass is 10.1. The van der Waals surface area contributed by atoms with Gasteiger partial charge in [-0.25, -0.2) is 4.98 Å². The van der Waals surface area contributed by atoms with E-state index in [0.717, 1.165) is 34.9 Å².